The molecule has 1 amide bonds. The molecule has 3 heterocycles. The van der Waals surface area contributed by atoms with E-state index >= 15 is 0 Å². The van der Waals surface area contributed by atoms with Crippen LogP contribution in [0.4, 0.5) is 14.5 Å². The fourth-order valence-corrected chi connectivity index (χ4v) is 4.07. The second kappa shape index (κ2) is 8.88. The van der Waals surface area contributed by atoms with Crippen LogP contribution in [0.1, 0.15) is 33.7 Å². The highest BCUT2D eigenvalue weighted by molar-refractivity contribution is 6.08. The van der Waals surface area contributed by atoms with E-state index in [9.17, 15) is 18.4 Å². The van der Waals surface area contributed by atoms with Gasteiger partial charge in [-0.3, -0.25) is 14.3 Å². The molecule has 0 spiro atoms. The maximum atomic E-state index is 13.9. The molecule has 1 N–H and O–H groups in total. The van der Waals surface area contributed by atoms with Crippen LogP contribution in [-0.4, -0.2) is 29.9 Å². The van der Waals surface area contributed by atoms with Crippen LogP contribution in [0.2, 0.25) is 0 Å². The van der Waals surface area contributed by atoms with Crippen LogP contribution in [0.15, 0.2) is 71.7 Å². The molecular weight excluding hydrogens is 466 g/mol. The normalized spacial score (nSPS) is 11.4. The van der Waals surface area contributed by atoms with Gasteiger partial charge >= 0.3 is 0 Å². The smallest absolute Gasteiger partial charge is 0.295 e. The Labute approximate surface area is 204 Å². The highest BCUT2D eigenvalue weighted by Crippen LogP contribution is 2.27. The number of halogens is 2. The van der Waals surface area contributed by atoms with Crippen LogP contribution in [0.3, 0.4) is 0 Å². The van der Waals surface area contributed by atoms with Gasteiger partial charge in [-0.25, -0.2) is 23.0 Å². The van der Waals surface area contributed by atoms with Gasteiger partial charge in [0.1, 0.15) is 16.9 Å². The molecule has 0 unspecified atom stereocenters. The first-order chi connectivity index (χ1) is 17.3. The molecule has 0 atom stereocenters. The van der Waals surface area contributed by atoms with Crippen LogP contribution < -0.4 is 10.9 Å². The quantitative estimate of drug-likeness (QED) is 0.389. The zero-order chi connectivity index (χ0) is 25.6. The van der Waals surface area contributed by atoms with Crippen molar-refractivity contribution >= 4 is 17.2 Å². The van der Waals surface area contributed by atoms with E-state index in [0.29, 0.717) is 16.9 Å². The number of nitrogens with zero attached hydrogens (tertiary/aromatic N) is 5. The maximum Gasteiger partial charge on any atom is 0.295 e. The molecule has 10 heteroatoms. The van der Waals surface area contributed by atoms with Crippen molar-refractivity contribution in [3.63, 3.8) is 0 Å². The molecule has 2 aromatic carbocycles. The van der Waals surface area contributed by atoms with Gasteiger partial charge in [0, 0.05) is 12.6 Å². The number of alkyl halides is 2. The fraction of sp³-hybridized carbons (Fsp3) is 0.154. The van der Waals surface area contributed by atoms with Crippen molar-refractivity contribution in [2.24, 2.45) is 7.05 Å². The molecule has 0 aliphatic heterocycles. The largest absolute Gasteiger partial charge is 0.316 e. The van der Waals surface area contributed by atoms with Gasteiger partial charge in [-0.15, -0.1) is 0 Å². The van der Waals surface area contributed by atoms with E-state index in [4.69, 9.17) is 0 Å². The lowest BCUT2D eigenvalue weighted by atomic mass is 10.1. The molecule has 0 saturated carbocycles. The van der Waals surface area contributed by atoms with Gasteiger partial charge in [0.2, 0.25) is 0 Å². The Balaban J connectivity index is 1.59. The summed E-state index contributed by atoms with van der Waals surface area (Å²) in [4.78, 5) is 30.9. The van der Waals surface area contributed by atoms with E-state index in [0.717, 1.165) is 10.1 Å². The molecule has 0 radical (unpaired) electrons. The van der Waals surface area contributed by atoms with Crippen molar-refractivity contribution in [2.45, 2.75) is 20.3 Å². The first-order valence-electron chi connectivity index (χ1n) is 11.2. The van der Waals surface area contributed by atoms with E-state index in [1.807, 2.05) is 25.1 Å². The number of carbonyl (C=O) groups excluding carboxylic acids is 1. The van der Waals surface area contributed by atoms with Gasteiger partial charge in [-0.1, -0.05) is 48.0 Å². The Bertz CT molecular complexity index is 1650. The highest BCUT2D eigenvalue weighted by Gasteiger charge is 2.24. The number of hydrogen-bond acceptors (Lipinski definition) is 4. The number of rotatable bonds is 5. The van der Waals surface area contributed by atoms with Gasteiger partial charge in [0.05, 0.1) is 23.3 Å². The number of benzene rings is 2. The van der Waals surface area contributed by atoms with E-state index in [2.05, 4.69) is 15.4 Å². The topological polar surface area (TPSA) is 86.2 Å². The van der Waals surface area contributed by atoms with Gasteiger partial charge in [-0.2, -0.15) is 5.10 Å². The van der Waals surface area contributed by atoms with Crippen LogP contribution >= 0.6 is 0 Å². The third-order valence-electron chi connectivity index (χ3n) is 6.11. The number of para-hydroxylation sites is 1. The second-order valence-corrected chi connectivity index (χ2v) is 8.42. The number of hydrogen-bond donors (Lipinski definition) is 1. The molecule has 8 nitrogen and oxygen atoms in total. The number of nitrogens with one attached hydrogen (secondary N) is 1. The predicted molar refractivity (Wildman–Crippen MR) is 132 cm³/mol. The Kier molecular flexibility index (Phi) is 5.71. The first kappa shape index (κ1) is 23.2. The average Bonchev–Trinajstić information content (AvgIpc) is 3.39. The molecule has 36 heavy (non-hydrogen) atoms. The summed E-state index contributed by atoms with van der Waals surface area (Å²) in [7, 11) is 1.71. The summed E-state index contributed by atoms with van der Waals surface area (Å²) in [6.07, 6.45) is -1.67. The Morgan fingerprint density at radius 2 is 1.72 bits per heavy atom. The van der Waals surface area contributed by atoms with E-state index in [1.165, 1.54) is 16.9 Å². The highest BCUT2D eigenvalue weighted by atomic mass is 19.3. The SMILES string of the molecule is Cc1ccc(-c2cc(C(F)F)n3ncc(C(=O)Nc4c(C)n(C)n(-c5ccccc5)c4=O)c3n2)cc1. The first-order valence-corrected chi connectivity index (χ1v) is 11.2. The minimum atomic E-state index is -2.84. The fourth-order valence-electron chi connectivity index (χ4n) is 4.07. The molecule has 0 aliphatic rings. The lowest BCUT2D eigenvalue weighted by Crippen LogP contribution is -2.23. The summed E-state index contributed by atoms with van der Waals surface area (Å²) in [5.74, 6) is -0.676. The van der Waals surface area contributed by atoms with Crippen molar-refractivity contribution in [2.75, 3.05) is 5.32 Å². The zero-order valence-corrected chi connectivity index (χ0v) is 19.7. The van der Waals surface area contributed by atoms with E-state index in [1.54, 1.807) is 55.1 Å². The van der Waals surface area contributed by atoms with Crippen molar-refractivity contribution in [3.05, 3.63) is 99.7 Å². The lowest BCUT2D eigenvalue weighted by molar-refractivity contribution is 0.102. The molecule has 0 saturated heterocycles. The predicted octanol–water partition coefficient (Wildman–Crippen LogP) is 4.69. The van der Waals surface area contributed by atoms with Crippen molar-refractivity contribution in [1.29, 1.82) is 0 Å². The summed E-state index contributed by atoms with van der Waals surface area (Å²) in [6, 6.07) is 17.5. The number of amides is 1. The molecule has 5 aromatic rings. The molecule has 0 bridgehead atoms. The number of carbonyl (C=O) groups is 1. The number of fused-ring (bicyclic) bond motifs is 1. The van der Waals surface area contributed by atoms with Gasteiger partial charge in [0.15, 0.2) is 5.65 Å². The molecular formula is C26H22F2N6O2. The van der Waals surface area contributed by atoms with Crippen molar-refractivity contribution in [3.8, 4) is 16.9 Å². The van der Waals surface area contributed by atoms with Crippen LogP contribution in [0.25, 0.3) is 22.6 Å². The Hall–Kier alpha value is -4.60. The Morgan fingerprint density at radius 1 is 1.03 bits per heavy atom. The van der Waals surface area contributed by atoms with Crippen molar-refractivity contribution < 1.29 is 13.6 Å². The maximum absolute atomic E-state index is 13.9. The molecule has 3 aromatic heterocycles. The second-order valence-electron chi connectivity index (χ2n) is 8.42. The molecule has 0 fully saturated rings. The monoisotopic (exact) mass is 488 g/mol. The standard InChI is InChI=1S/C26H22F2N6O2/c1-15-9-11-17(12-10-15)20-13-21(23(27)28)33-24(30-20)19(14-29-33)25(35)31-22-16(2)32(3)34(26(22)36)18-7-5-4-6-8-18/h4-14,23H,1-3H3,(H,31,35). The Morgan fingerprint density at radius 3 is 2.39 bits per heavy atom. The molecule has 0 aliphatic carbocycles. The van der Waals surface area contributed by atoms with Crippen molar-refractivity contribution in [1.82, 2.24) is 24.0 Å². The third kappa shape index (κ3) is 3.86. The lowest BCUT2D eigenvalue weighted by Gasteiger charge is -2.09. The van der Waals surface area contributed by atoms with Gasteiger partial charge in [0.25, 0.3) is 17.9 Å². The number of aromatic nitrogens is 5. The van der Waals surface area contributed by atoms with Crippen LogP contribution in [0.5, 0.6) is 0 Å². The number of aryl methyl sites for hydroxylation is 1. The van der Waals surface area contributed by atoms with E-state index in [-0.39, 0.29) is 22.6 Å². The van der Waals surface area contributed by atoms with Crippen LogP contribution in [0, 0.1) is 13.8 Å². The summed E-state index contributed by atoms with van der Waals surface area (Å²) in [6.45, 7) is 3.62. The van der Waals surface area contributed by atoms with Gasteiger partial charge in [-0.05, 0) is 32.0 Å². The minimum Gasteiger partial charge on any atom is -0.316 e. The summed E-state index contributed by atoms with van der Waals surface area (Å²) >= 11 is 0. The third-order valence-corrected chi connectivity index (χ3v) is 6.11. The molecule has 5 rings (SSSR count). The van der Waals surface area contributed by atoms with Gasteiger partial charge < -0.3 is 5.32 Å². The van der Waals surface area contributed by atoms with E-state index < -0.39 is 23.6 Å². The molecule has 182 valence electrons. The minimum absolute atomic E-state index is 0.0280. The number of anilines is 1. The zero-order valence-electron chi connectivity index (χ0n) is 19.7. The summed E-state index contributed by atoms with van der Waals surface area (Å²) < 4.78 is 31.8. The summed E-state index contributed by atoms with van der Waals surface area (Å²) in [5, 5.41) is 6.64. The van der Waals surface area contributed by atoms with Crippen LogP contribution in [-0.2, 0) is 7.05 Å². The average molecular weight is 488 g/mol. The summed E-state index contributed by atoms with van der Waals surface area (Å²) in [5.41, 5.74) is 2.29.